The molecule has 1 saturated heterocycles. The molecule has 0 atom stereocenters. The third-order valence-corrected chi connectivity index (χ3v) is 6.37. The Labute approximate surface area is 192 Å². The van der Waals surface area contributed by atoms with Gasteiger partial charge in [-0.2, -0.15) is 0 Å². The molecule has 0 aliphatic carbocycles. The Hall–Kier alpha value is -2.95. The number of aliphatic hydroxyl groups is 1. The molecule has 0 spiro atoms. The summed E-state index contributed by atoms with van der Waals surface area (Å²) in [7, 11) is 0. The molecule has 10 heteroatoms. The number of amides is 1. The lowest BCUT2D eigenvalue weighted by Gasteiger charge is -2.38. The van der Waals surface area contributed by atoms with Crippen LogP contribution in [-0.2, 0) is 12.1 Å². The number of carbonyl (C=O) groups is 1. The van der Waals surface area contributed by atoms with Crippen molar-refractivity contribution in [3.8, 4) is 10.4 Å². The minimum Gasteiger partial charge on any atom is -0.386 e. The van der Waals surface area contributed by atoms with Crippen molar-refractivity contribution in [3.05, 3.63) is 65.1 Å². The molecule has 4 rings (SSSR count). The van der Waals surface area contributed by atoms with Crippen molar-refractivity contribution >= 4 is 28.1 Å². The standard InChI is InChI=1S/C23H23F3N4O2S/c1-22(2,32)13-6-7-15(17(24)8-13)18-9-16(20(27)31)21(33-18)29-19-5-3-4-14(28-19)10-30-11-23(25,26)12-30/h3-9,32H,10-12H2,1-2H3,(H2,27,31)(H,28,29). The number of benzene rings is 1. The van der Waals surface area contributed by atoms with Crippen LogP contribution in [0.15, 0.2) is 42.5 Å². The fraction of sp³-hybridized carbons (Fsp3) is 0.304. The molecule has 3 heterocycles. The van der Waals surface area contributed by atoms with Crippen molar-refractivity contribution in [1.29, 1.82) is 0 Å². The molecule has 0 bridgehead atoms. The quantitative estimate of drug-likeness (QED) is 0.468. The normalized spacial score (nSPS) is 15.8. The van der Waals surface area contributed by atoms with Crippen LogP contribution in [0.2, 0.25) is 0 Å². The molecular formula is C23H23F3N4O2S. The van der Waals surface area contributed by atoms with Gasteiger partial charge >= 0.3 is 0 Å². The number of pyridine rings is 1. The first-order chi connectivity index (χ1) is 15.4. The van der Waals surface area contributed by atoms with Crippen LogP contribution >= 0.6 is 11.3 Å². The molecule has 174 valence electrons. The molecule has 0 unspecified atom stereocenters. The average molecular weight is 477 g/mol. The Morgan fingerprint density at radius 3 is 2.61 bits per heavy atom. The summed E-state index contributed by atoms with van der Waals surface area (Å²) in [6.45, 7) is 2.81. The summed E-state index contributed by atoms with van der Waals surface area (Å²) < 4.78 is 40.9. The molecule has 0 saturated carbocycles. The van der Waals surface area contributed by atoms with E-state index in [1.807, 2.05) is 0 Å². The molecule has 33 heavy (non-hydrogen) atoms. The number of hydrogen-bond acceptors (Lipinski definition) is 6. The van der Waals surface area contributed by atoms with Crippen molar-refractivity contribution in [2.75, 3.05) is 18.4 Å². The third-order valence-electron chi connectivity index (χ3n) is 5.28. The number of aromatic nitrogens is 1. The predicted molar refractivity (Wildman–Crippen MR) is 121 cm³/mol. The van der Waals surface area contributed by atoms with Gasteiger partial charge in [0.1, 0.15) is 16.6 Å². The molecule has 4 N–H and O–H groups in total. The fourth-order valence-electron chi connectivity index (χ4n) is 3.60. The lowest BCUT2D eigenvalue weighted by Crippen LogP contribution is -2.55. The zero-order chi connectivity index (χ0) is 24.0. The van der Waals surface area contributed by atoms with Gasteiger partial charge in [0, 0.05) is 17.0 Å². The molecule has 1 fully saturated rings. The highest BCUT2D eigenvalue weighted by atomic mass is 32.1. The SMILES string of the molecule is CC(C)(O)c1ccc(-c2cc(C(N)=O)c(Nc3cccc(CN4CC(F)(F)C4)n3)s2)c(F)c1. The predicted octanol–water partition coefficient (Wildman–Crippen LogP) is 4.47. The first-order valence-corrected chi connectivity index (χ1v) is 11.0. The van der Waals surface area contributed by atoms with Gasteiger partial charge in [0.05, 0.1) is 29.9 Å². The summed E-state index contributed by atoms with van der Waals surface area (Å²) in [4.78, 5) is 18.5. The van der Waals surface area contributed by atoms with Crippen molar-refractivity contribution in [2.24, 2.45) is 5.73 Å². The Balaban J connectivity index is 1.58. The molecule has 2 aromatic heterocycles. The van der Waals surface area contributed by atoms with Crippen molar-refractivity contribution in [2.45, 2.75) is 31.9 Å². The highest BCUT2D eigenvalue weighted by molar-refractivity contribution is 7.19. The van der Waals surface area contributed by atoms with Gasteiger partial charge < -0.3 is 16.2 Å². The number of alkyl halides is 2. The molecule has 6 nitrogen and oxygen atoms in total. The molecular weight excluding hydrogens is 453 g/mol. The summed E-state index contributed by atoms with van der Waals surface area (Å²) in [5.41, 5.74) is 5.80. The second-order valence-corrected chi connectivity index (χ2v) is 9.66. The Morgan fingerprint density at radius 2 is 2.00 bits per heavy atom. The van der Waals surface area contributed by atoms with E-state index in [2.05, 4.69) is 10.3 Å². The van der Waals surface area contributed by atoms with Gasteiger partial charge in [-0.1, -0.05) is 18.2 Å². The second kappa shape index (κ2) is 8.44. The number of primary amides is 1. The lowest BCUT2D eigenvalue weighted by molar-refractivity contribution is -0.134. The minimum absolute atomic E-state index is 0.176. The molecule has 3 aromatic rings. The number of hydrogen-bond donors (Lipinski definition) is 3. The van der Waals surface area contributed by atoms with E-state index in [0.29, 0.717) is 27.0 Å². The first kappa shape index (κ1) is 23.2. The van der Waals surface area contributed by atoms with Gasteiger partial charge in [-0.05, 0) is 43.7 Å². The minimum atomic E-state index is -2.65. The molecule has 1 aliphatic rings. The van der Waals surface area contributed by atoms with E-state index in [-0.39, 0.29) is 30.8 Å². The number of nitrogens with two attached hydrogens (primary N) is 1. The molecule has 1 aliphatic heterocycles. The van der Waals surface area contributed by atoms with Crippen molar-refractivity contribution in [1.82, 2.24) is 9.88 Å². The highest BCUT2D eigenvalue weighted by Gasteiger charge is 2.43. The number of halogens is 3. The van der Waals surface area contributed by atoms with Crippen LogP contribution in [0.4, 0.5) is 24.0 Å². The average Bonchev–Trinajstić information content (AvgIpc) is 3.10. The van der Waals surface area contributed by atoms with Gasteiger partial charge in [-0.25, -0.2) is 18.2 Å². The van der Waals surface area contributed by atoms with E-state index in [9.17, 15) is 23.1 Å². The fourth-order valence-corrected chi connectivity index (χ4v) is 4.69. The highest BCUT2D eigenvalue weighted by Crippen LogP contribution is 2.39. The van der Waals surface area contributed by atoms with Crippen LogP contribution in [0.1, 0.15) is 35.5 Å². The summed E-state index contributed by atoms with van der Waals surface area (Å²) in [6, 6.07) is 11.1. The topological polar surface area (TPSA) is 91.5 Å². The number of anilines is 2. The van der Waals surface area contributed by atoms with Crippen molar-refractivity contribution in [3.63, 3.8) is 0 Å². The zero-order valence-corrected chi connectivity index (χ0v) is 18.8. The van der Waals surface area contributed by atoms with Crippen LogP contribution in [0.5, 0.6) is 0 Å². The van der Waals surface area contributed by atoms with Gasteiger partial charge in [0.2, 0.25) is 0 Å². The van der Waals surface area contributed by atoms with Crippen LogP contribution in [-0.4, -0.2) is 39.9 Å². The lowest BCUT2D eigenvalue weighted by atomic mass is 9.96. The van der Waals surface area contributed by atoms with E-state index in [0.717, 1.165) is 11.3 Å². The van der Waals surface area contributed by atoms with Crippen LogP contribution in [0.3, 0.4) is 0 Å². The number of nitrogens with one attached hydrogen (secondary N) is 1. The zero-order valence-electron chi connectivity index (χ0n) is 18.0. The van der Waals surface area contributed by atoms with Gasteiger partial charge in [0.15, 0.2) is 0 Å². The summed E-state index contributed by atoms with van der Waals surface area (Å²) in [5.74, 6) is -3.47. The van der Waals surface area contributed by atoms with Gasteiger partial charge in [-0.15, -0.1) is 11.3 Å². The Morgan fingerprint density at radius 1 is 1.27 bits per heavy atom. The smallest absolute Gasteiger partial charge is 0.272 e. The molecule has 1 aromatic carbocycles. The summed E-state index contributed by atoms with van der Waals surface area (Å²) in [6.07, 6.45) is 0. The second-order valence-electron chi connectivity index (χ2n) is 8.61. The number of rotatable bonds is 7. The first-order valence-electron chi connectivity index (χ1n) is 10.2. The largest absolute Gasteiger partial charge is 0.386 e. The van der Waals surface area contributed by atoms with Crippen LogP contribution in [0.25, 0.3) is 10.4 Å². The maximum atomic E-state index is 14.8. The molecule has 0 radical (unpaired) electrons. The van der Waals surface area contributed by atoms with Crippen LogP contribution < -0.4 is 11.1 Å². The Bertz CT molecular complexity index is 1200. The monoisotopic (exact) mass is 476 g/mol. The maximum Gasteiger partial charge on any atom is 0.272 e. The number of likely N-dealkylation sites (tertiary alicyclic amines) is 1. The van der Waals surface area contributed by atoms with Gasteiger partial charge in [-0.3, -0.25) is 9.69 Å². The van der Waals surface area contributed by atoms with E-state index >= 15 is 0 Å². The van der Waals surface area contributed by atoms with E-state index in [1.165, 1.54) is 12.1 Å². The number of nitrogens with zero attached hydrogens (tertiary/aromatic N) is 2. The number of carbonyl (C=O) groups excluding carboxylic acids is 1. The van der Waals surface area contributed by atoms with E-state index in [4.69, 9.17) is 5.73 Å². The maximum absolute atomic E-state index is 14.8. The van der Waals surface area contributed by atoms with Crippen molar-refractivity contribution < 1.29 is 23.1 Å². The van der Waals surface area contributed by atoms with E-state index in [1.54, 1.807) is 49.1 Å². The molecule has 1 amide bonds. The third kappa shape index (κ3) is 5.18. The van der Waals surface area contributed by atoms with E-state index < -0.39 is 23.2 Å². The summed E-state index contributed by atoms with van der Waals surface area (Å²) >= 11 is 1.13. The van der Waals surface area contributed by atoms with Crippen LogP contribution in [0, 0.1) is 5.82 Å². The Kier molecular flexibility index (Phi) is 5.94. The number of thiophene rings is 1. The summed E-state index contributed by atoms with van der Waals surface area (Å²) in [5, 5.41) is 13.5. The van der Waals surface area contributed by atoms with Gasteiger partial charge in [0.25, 0.3) is 11.8 Å².